The van der Waals surface area contributed by atoms with Gasteiger partial charge in [-0.2, -0.15) is 0 Å². The monoisotopic (exact) mass is 493 g/mol. The second-order valence-electron chi connectivity index (χ2n) is 8.25. The number of rotatable bonds is 4. The number of nitrogens with zero attached hydrogens (tertiary/aromatic N) is 1. The minimum Gasteiger partial charge on any atom is -0.465 e. The highest BCUT2D eigenvalue weighted by molar-refractivity contribution is 14.1. The van der Waals surface area contributed by atoms with Gasteiger partial charge < -0.3 is 15.1 Å². The van der Waals surface area contributed by atoms with E-state index >= 15 is 0 Å². The third-order valence-electron chi connectivity index (χ3n) is 5.45. The molecule has 1 aliphatic heterocycles. The summed E-state index contributed by atoms with van der Waals surface area (Å²) in [6.45, 7) is 8.73. The number of carbonyl (C=O) groups is 1. The van der Waals surface area contributed by atoms with E-state index in [2.05, 4.69) is 50.3 Å². The molecule has 0 aliphatic carbocycles. The number of halogens is 2. The second kappa shape index (κ2) is 8.23. The molecule has 1 fully saturated rings. The lowest BCUT2D eigenvalue weighted by atomic mass is 9.64. The molecule has 146 valence electrons. The predicted octanol–water partition coefficient (Wildman–Crippen LogP) is 5.55. The first-order valence-corrected chi connectivity index (χ1v) is 10.8. The zero-order valence-corrected chi connectivity index (χ0v) is 18.8. The van der Waals surface area contributed by atoms with E-state index in [1.807, 2.05) is 18.2 Å². The Morgan fingerprint density at radius 3 is 2.58 bits per heavy atom. The minimum atomic E-state index is -1.15. The van der Waals surface area contributed by atoms with Gasteiger partial charge in [0.05, 0.1) is 0 Å². The second-order valence-corrected chi connectivity index (χ2v) is 10.2. The summed E-state index contributed by atoms with van der Waals surface area (Å²) in [6, 6.07) is 7.10. The first-order chi connectivity index (χ1) is 12.0. The van der Waals surface area contributed by atoms with Crippen LogP contribution in [0.15, 0.2) is 24.3 Å². The molecule has 1 amide bonds. The normalized spacial score (nSPS) is 24.8. The van der Waals surface area contributed by atoms with Crippen molar-refractivity contribution in [3.8, 4) is 0 Å². The van der Waals surface area contributed by atoms with Crippen molar-refractivity contribution in [1.82, 2.24) is 4.90 Å². The van der Waals surface area contributed by atoms with Gasteiger partial charge in [-0.15, -0.1) is 0 Å². The third kappa shape index (κ3) is 4.14. The number of alkyl halides is 1. The van der Waals surface area contributed by atoms with E-state index in [1.165, 1.54) is 4.90 Å². The molecule has 4 nitrogen and oxygen atoms in total. The summed E-state index contributed by atoms with van der Waals surface area (Å²) in [4.78, 5) is 13.5. The molecule has 1 aromatic rings. The van der Waals surface area contributed by atoms with Crippen LogP contribution in [0.5, 0.6) is 0 Å². The standard InChI is InChI=1S/C20H29ClINO3/c1-5-16(22)20(26,13-8-6-9-14(21)12-13)15-10-7-11-23(18(24)25)17(15)19(2,3)4/h6,8-9,12,15-17,26H,5,7,10-11H2,1-4H3,(H,24,25)/t15?,16?,17?,20-/m0/s1. The van der Waals surface area contributed by atoms with E-state index in [0.717, 1.165) is 24.8 Å². The number of benzene rings is 1. The summed E-state index contributed by atoms with van der Waals surface area (Å²) in [5, 5.41) is 22.4. The van der Waals surface area contributed by atoms with Crippen molar-refractivity contribution in [2.45, 2.75) is 62.5 Å². The number of amides is 1. The lowest BCUT2D eigenvalue weighted by Crippen LogP contribution is -2.61. The molecule has 2 rings (SSSR count). The number of hydrogen-bond acceptors (Lipinski definition) is 2. The van der Waals surface area contributed by atoms with E-state index in [0.29, 0.717) is 11.6 Å². The van der Waals surface area contributed by atoms with E-state index in [9.17, 15) is 15.0 Å². The lowest BCUT2D eigenvalue weighted by Gasteiger charge is -2.53. The fraction of sp³-hybridized carbons (Fsp3) is 0.650. The van der Waals surface area contributed by atoms with Crippen LogP contribution >= 0.6 is 34.2 Å². The quantitative estimate of drug-likeness (QED) is 0.427. The van der Waals surface area contributed by atoms with Gasteiger partial charge in [0.15, 0.2) is 0 Å². The van der Waals surface area contributed by atoms with Gasteiger partial charge in [-0.3, -0.25) is 0 Å². The van der Waals surface area contributed by atoms with Crippen molar-refractivity contribution in [1.29, 1.82) is 0 Å². The molecule has 26 heavy (non-hydrogen) atoms. The maximum atomic E-state index is 12.0. The Hall–Kier alpha value is -0.530. The van der Waals surface area contributed by atoms with Gasteiger partial charge in [-0.1, -0.05) is 74.0 Å². The lowest BCUT2D eigenvalue weighted by molar-refractivity contribution is -0.0989. The van der Waals surface area contributed by atoms with Crippen molar-refractivity contribution in [2.75, 3.05) is 6.54 Å². The van der Waals surface area contributed by atoms with Gasteiger partial charge in [0.2, 0.25) is 0 Å². The average Bonchev–Trinajstić information content (AvgIpc) is 2.58. The SMILES string of the molecule is CCC(I)[C@](O)(c1cccc(Cl)c1)C1CCCN(C(=O)O)C1C(C)(C)C. The highest BCUT2D eigenvalue weighted by atomic mass is 127. The summed E-state index contributed by atoms with van der Waals surface area (Å²) >= 11 is 8.53. The summed E-state index contributed by atoms with van der Waals surface area (Å²) in [5.74, 6) is -0.201. The van der Waals surface area contributed by atoms with Crippen molar-refractivity contribution in [3.63, 3.8) is 0 Å². The van der Waals surface area contributed by atoms with Crippen molar-refractivity contribution in [3.05, 3.63) is 34.9 Å². The average molecular weight is 494 g/mol. The maximum Gasteiger partial charge on any atom is 0.407 e. The Labute approximate surface area is 175 Å². The van der Waals surface area contributed by atoms with Crippen LogP contribution in [-0.2, 0) is 5.60 Å². The van der Waals surface area contributed by atoms with E-state index in [1.54, 1.807) is 6.07 Å². The first kappa shape index (κ1) is 21.8. The molecule has 1 aromatic carbocycles. The van der Waals surface area contributed by atoms with Gasteiger partial charge >= 0.3 is 6.09 Å². The number of piperidine rings is 1. The van der Waals surface area contributed by atoms with Crippen LogP contribution in [0.1, 0.15) is 52.5 Å². The summed E-state index contributed by atoms with van der Waals surface area (Å²) in [5.41, 5.74) is -0.662. The molecule has 0 spiro atoms. The summed E-state index contributed by atoms with van der Waals surface area (Å²) in [7, 11) is 0. The Bertz CT molecular complexity index is 648. The van der Waals surface area contributed by atoms with Crippen LogP contribution in [-0.4, -0.2) is 37.7 Å². The van der Waals surface area contributed by atoms with Crippen molar-refractivity contribution >= 4 is 40.3 Å². The van der Waals surface area contributed by atoms with E-state index in [-0.39, 0.29) is 21.3 Å². The van der Waals surface area contributed by atoms with Gasteiger partial charge in [-0.05, 0) is 42.4 Å². The summed E-state index contributed by atoms with van der Waals surface area (Å²) in [6.07, 6.45) is 1.40. The van der Waals surface area contributed by atoms with Crippen LogP contribution in [0.4, 0.5) is 4.79 Å². The Morgan fingerprint density at radius 2 is 2.08 bits per heavy atom. The van der Waals surface area contributed by atoms with Crippen LogP contribution in [0.3, 0.4) is 0 Å². The van der Waals surface area contributed by atoms with Crippen LogP contribution in [0.2, 0.25) is 5.02 Å². The topological polar surface area (TPSA) is 60.8 Å². The zero-order chi connectivity index (χ0) is 19.7. The van der Waals surface area contributed by atoms with Crippen LogP contribution in [0, 0.1) is 11.3 Å². The molecule has 1 saturated heterocycles. The molecule has 1 aliphatic rings. The molecule has 2 N–H and O–H groups in total. The largest absolute Gasteiger partial charge is 0.465 e. The van der Waals surface area contributed by atoms with Gasteiger partial charge in [0, 0.05) is 27.5 Å². The molecule has 0 saturated carbocycles. The van der Waals surface area contributed by atoms with Crippen molar-refractivity contribution in [2.24, 2.45) is 11.3 Å². The molecule has 0 aromatic heterocycles. The highest BCUT2D eigenvalue weighted by Gasteiger charge is 2.53. The molecule has 3 unspecified atom stereocenters. The Balaban J connectivity index is 2.63. The molecular formula is C20H29ClINO3. The van der Waals surface area contributed by atoms with E-state index in [4.69, 9.17) is 11.6 Å². The number of likely N-dealkylation sites (tertiary alicyclic amines) is 1. The number of hydrogen-bond donors (Lipinski definition) is 2. The Morgan fingerprint density at radius 1 is 1.42 bits per heavy atom. The first-order valence-electron chi connectivity index (χ1n) is 9.15. The molecule has 0 radical (unpaired) electrons. The highest BCUT2D eigenvalue weighted by Crippen LogP contribution is 2.49. The van der Waals surface area contributed by atoms with E-state index < -0.39 is 11.7 Å². The maximum absolute atomic E-state index is 12.0. The summed E-state index contributed by atoms with van der Waals surface area (Å²) < 4.78 is -0.0536. The third-order valence-corrected chi connectivity index (χ3v) is 7.52. The Kier molecular flexibility index (Phi) is 6.89. The van der Waals surface area contributed by atoms with Gasteiger partial charge in [0.25, 0.3) is 0 Å². The molecule has 4 atom stereocenters. The number of carboxylic acid groups (broad SMARTS) is 1. The molecule has 6 heteroatoms. The minimum absolute atomic E-state index is 0.0536. The number of aliphatic hydroxyl groups is 1. The predicted molar refractivity (Wildman–Crippen MR) is 114 cm³/mol. The van der Waals surface area contributed by atoms with Gasteiger partial charge in [0.1, 0.15) is 5.60 Å². The molecule has 0 bridgehead atoms. The smallest absolute Gasteiger partial charge is 0.407 e. The molecule has 1 heterocycles. The fourth-order valence-electron chi connectivity index (χ4n) is 4.42. The van der Waals surface area contributed by atoms with Crippen LogP contribution in [0.25, 0.3) is 0 Å². The van der Waals surface area contributed by atoms with Crippen LogP contribution < -0.4 is 0 Å². The zero-order valence-electron chi connectivity index (χ0n) is 15.9. The van der Waals surface area contributed by atoms with Crippen molar-refractivity contribution < 1.29 is 15.0 Å². The fourth-order valence-corrected chi connectivity index (χ4v) is 5.43. The van der Waals surface area contributed by atoms with Gasteiger partial charge in [-0.25, -0.2) is 4.79 Å². The molecular weight excluding hydrogens is 465 g/mol.